The molecule has 0 spiro atoms. The van der Waals surface area contributed by atoms with Gasteiger partial charge in [-0.05, 0) is 27.8 Å². The smallest absolute Gasteiger partial charge is 0.344 e. The van der Waals surface area contributed by atoms with Crippen LogP contribution in [-0.4, -0.2) is 44.2 Å². The molecule has 3 N–H and O–H groups in total. The van der Waals surface area contributed by atoms with Gasteiger partial charge in [0.05, 0.1) is 0 Å². The van der Waals surface area contributed by atoms with E-state index < -0.39 is 11.5 Å². The molecule has 0 aliphatic heterocycles. The van der Waals surface area contributed by atoms with E-state index in [2.05, 4.69) is 15.5 Å². The van der Waals surface area contributed by atoms with Crippen molar-refractivity contribution in [3.8, 4) is 0 Å². The zero-order valence-corrected chi connectivity index (χ0v) is 11.7. The van der Waals surface area contributed by atoms with E-state index >= 15 is 0 Å². The molecular weight excluding hydrogens is 256 g/mol. The molecule has 1 aromatic rings. The number of H-pyrrole nitrogens is 1. The zero-order valence-electron chi connectivity index (χ0n) is 10.9. The summed E-state index contributed by atoms with van der Waals surface area (Å²) in [4.78, 5) is 22.6. The fourth-order valence-corrected chi connectivity index (χ4v) is 2.53. The Bertz CT molecular complexity index is 482. The van der Waals surface area contributed by atoms with E-state index in [-0.39, 0.29) is 17.5 Å². The molecule has 0 saturated carbocycles. The van der Waals surface area contributed by atoms with Crippen LogP contribution in [0.1, 0.15) is 26.8 Å². The minimum absolute atomic E-state index is 0.0237. The first-order valence-corrected chi connectivity index (χ1v) is 6.52. The second kappa shape index (κ2) is 5.57. The molecule has 0 aliphatic carbocycles. The maximum Gasteiger partial charge on any atom is 0.344 e. The van der Waals surface area contributed by atoms with Gasteiger partial charge in [-0.2, -0.15) is 0 Å². The van der Waals surface area contributed by atoms with E-state index in [0.29, 0.717) is 5.16 Å². The summed E-state index contributed by atoms with van der Waals surface area (Å²) in [6, 6.07) is -0.0237. The number of rotatable bonds is 6. The van der Waals surface area contributed by atoms with Crippen molar-refractivity contribution in [3.05, 3.63) is 10.5 Å². The molecule has 0 aromatic carbocycles. The number of aromatic amines is 1. The van der Waals surface area contributed by atoms with Crippen LogP contribution in [-0.2, 0) is 4.79 Å². The van der Waals surface area contributed by atoms with Crippen molar-refractivity contribution in [3.63, 3.8) is 0 Å². The lowest BCUT2D eigenvalue weighted by Crippen LogP contribution is -2.49. The van der Waals surface area contributed by atoms with Crippen molar-refractivity contribution in [2.75, 3.05) is 12.8 Å². The highest BCUT2D eigenvalue weighted by Crippen LogP contribution is 2.21. The Morgan fingerprint density at radius 1 is 1.67 bits per heavy atom. The number of nitrogens with zero attached hydrogens (tertiary/aromatic N) is 2. The highest BCUT2D eigenvalue weighted by Gasteiger charge is 2.32. The molecule has 0 bridgehead atoms. The zero-order chi connectivity index (χ0) is 13.9. The Morgan fingerprint density at radius 3 is 2.72 bits per heavy atom. The monoisotopic (exact) mass is 274 g/mol. The molecule has 0 amide bonds. The number of likely N-dealkylation sites (N-methyl/N-ethyl adjacent to an activating group) is 1. The van der Waals surface area contributed by atoms with Crippen molar-refractivity contribution in [1.29, 1.82) is 0 Å². The first-order chi connectivity index (χ1) is 8.31. The molecule has 1 unspecified atom stereocenters. The Balaban J connectivity index is 2.87. The molecule has 0 radical (unpaired) electrons. The number of nitrogens with one attached hydrogen (secondary N) is 2. The van der Waals surface area contributed by atoms with E-state index in [1.807, 2.05) is 13.8 Å². The highest BCUT2D eigenvalue weighted by atomic mass is 32.2. The summed E-state index contributed by atoms with van der Waals surface area (Å²) < 4.78 is 1.50. The lowest BCUT2D eigenvalue weighted by atomic mass is 10.1. The molecule has 102 valence electrons. The van der Waals surface area contributed by atoms with Crippen molar-refractivity contribution in [1.82, 2.24) is 20.1 Å². The number of thioether (sulfide) groups is 1. The fourth-order valence-electron chi connectivity index (χ4n) is 1.30. The summed E-state index contributed by atoms with van der Waals surface area (Å²) in [5.41, 5.74) is -1.34. The SMILES string of the molecule is CNC(C)(CSc1n[nH]c(=O)n1C(C)C)C(=O)O. The number of hydrogen-bond acceptors (Lipinski definition) is 5. The van der Waals surface area contributed by atoms with Crippen LogP contribution in [0.25, 0.3) is 0 Å². The number of hydrogen-bond donors (Lipinski definition) is 3. The molecular formula is C10H18N4O3S. The summed E-state index contributed by atoms with van der Waals surface area (Å²) >= 11 is 1.23. The molecule has 1 atom stereocenters. The largest absolute Gasteiger partial charge is 0.480 e. The quantitative estimate of drug-likeness (QED) is 0.645. The van der Waals surface area contributed by atoms with Gasteiger partial charge in [0.1, 0.15) is 5.54 Å². The van der Waals surface area contributed by atoms with E-state index in [1.165, 1.54) is 16.3 Å². The van der Waals surface area contributed by atoms with Crippen LogP contribution < -0.4 is 11.0 Å². The average molecular weight is 274 g/mol. The highest BCUT2D eigenvalue weighted by molar-refractivity contribution is 7.99. The third-order valence-electron chi connectivity index (χ3n) is 2.70. The maximum atomic E-state index is 11.5. The molecule has 7 nitrogen and oxygen atoms in total. The summed E-state index contributed by atoms with van der Waals surface area (Å²) in [6.45, 7) is 5.33. The van der Waals surface area contributed by atoms with Gasteiger partial charge in [0, 0.05) is 11.8 Å². The van der Waals surface area contributed by atoms with Crippen LogP contribution >= 0.6 is 11.8 Å². The van der Waals surface area contributed by atoms with Crippen LogP contribution in [0.3, 0.4) is 0 Å². The fraction of sp³-hybridized carbons (Fsp3) is 0.700. The molecule has 8 heteroatoms. The van der Waals surface area contributed by atoms with Gasteiger partial charge in [-0.3, -0.25) is 9.36 Å². The van der Waals surface area contributed by atoms with E-state index in [1.54, 1.807) is 14.0 Å². The number of carbonyl (C=O) groups is 1. The van der Waals surface area contributed by atoms with E-state index in [0.717, 1.165) is 0 Å². The number of aromatic nitrogens is 3. The third kappa shape index (κ3) is 2.94. The van der Waals surface area contributed by atoms with Crippen LogP contribution in [0.5, 0.6) is 0 Å². The van der Waals surface area contributed by atoms with Gasteiger partial charge in [0.15, 0.2) is 5.16 Å². The van der Waals surface area contributed by atoms with Gasteiger partial charge in [-0.15, -0.1) is 5.10 Å². The summed E-state index contributed by atoms with van der Waals surface area (Å²) in [6.07, 6.45) is 0. The summed E-state index contributed by atoms with van der Waals surface area (Å²) in [5.74, 6) is -0.665. The van der Waals surface area contributed by atoms with Crippen LogP contribution in [0.15, 0.2) is 9.95 Å². The van der Waals surface area contributed by atoms with Crippen LogP contribution in [0, 0.1) is 0 Å². The summed E-state index contributed by atoms with van der Waals surface area (Å²) in [7, 11) is 1.59. The maximum absolute atomic E-state index is 11.5. The van der Waals surface area contributed by atoms with Gasteiger partial charge < -0.3 is 10.4 Å². The van der Waals surface area contributed by atoms with Crippen molar-refractivity contribution < 1.29 is 9.90 Å². The predicted octanol–water partition coefficient (Wildman–Crippen LogP) is 0.307. The van der Waals surface area contributed by atoms with Crippen LogP contribution in [0.2, 0.25) is 0 Å². The van der Waals surface area contributed by atoms with Gasteiger partial charge in [-0.25, -0.2) is 9.89 Å². The first kappa shape index (κ1) is 14.8. The lowest BCUT2D eigenvalue weighted by Gasteiger charge is -2.23. The molecule has 0 saturated heterocycles. The number of carboxylic acid groups (broad SMARTS) is 1. The average Bonchev–Trinajstić information content (AvgIpc) is 2.67. The number of carboxylic acids is 1. The molecule has 1 aromatic heterocycles. The predicted molar refractivity (Wildman–Crippen MR) is 69.1 cm³/mol. The van der Waals surface area contributed by atoms with Gasteiger partial charge in [-0.1, -0.05) is 11.8 Å². The third-order valence-corrected chi connectivity index (χ3v) is 3.97. The number of aliphatic carboxylic acids is 1. The van der Waals surface area contributed by atoms with Crippen molar-refractivity contribution in [2.24, 2.45) is 0 Å². The van der Waals surface area contributed by atoms with Crippen LogP contribution in [0.4, 0.5) is 0 Å². The van der Waals surface area contributed by atoms with Gasteiger partial charge in [0.2, 0.25) is 0 Å². The standard InChI is InChI=1S/C10H18N4O3S/c1-6(2)14-8(17)12-13-9(14)18-5-10(3,11-4)7(15)16/h6,11H,5H2,1-4H3,(H,12,17)(H,15,16). The first-order valence-electron chi connectivity index (χ1n) is 5.54. The molecule has 1 rings (SSSR count). The molecule has 1 heterocycles. The van der Waals surface area contributed by atoms with Gasteiger partial charge >= 0.3 is 11.7 Å². The second-order valence-corrected chi connectivity index (χ2v) is 5.39. The minimum Gasteiger partial charge on any atom is -0.480 e. The normalized spacial score (nSPS) is 14.7. The van der Waals surface area contributed by atoms with Crippen molar-refractivity contribution in [2.45, 2.75) is 37.5 Å². The Labute approximate surface area is 109 Å². The van der Waals surface area contributed by atoms with E-state index in [4.69, 9.17) is 5.11 Å². The molecule has 0 aliphatic rings. The lowest BCUT2D eigenvalue weighted by molar-refractivity contribution is -0.142. The topological polar surface area (TPSA) is 100 Å². The molecule has 18 heavy (non-hydrogen) atoms. The van der Waals surface area contributed by atoms with Crippen molar-refractivity contribution >= 4 is 17.7 Å². The Hall–Kier alpha value is -1.28. The van der Waals surface area contributed by atoms with E-state index in [9.17, 15) is 9.59 Å². The van der Waals surface area contributed by atoms with Gasteiger partial charge in [0.25, 0.3) is 0 Å². The minimum atomic E-state index is -1.05. The molecule has 0 fully saturated rings. The Morgan fingerprint density at radius 2 is 2.28 bits per heavy atom. The summed E-state index contributed by atoms with van der Waals surface area (Å²) in [5, 5.41) is 18.6. The second-order valence-electron chi connectivity index (χ2n) is 4.45. The Kier molecular flexibility index (Phi) is 4.58.